The average Bonchev–Trinajstić information content (AvgIpc) is 2.38. The van der Waals surface area contributed by atoms with Gasteiger partial charge < -0.3 is 23.8 Å². The Morgan fingerprint density at radius 3 is 2.62 bits per heavy atom. The first kappa shape index (κ1) is 17.7. The summed E-state index contributed by atoms with van der Waals surface area (Å²) in [4.78, 5) is 29.8. The van der Waals surface area contributed by atoms with Crippen molar-refractivity contribution >= 4 is 24.5 Å². The van der Waals surface area contributed by atoms with Gasteiger partial charge in [0.1, 0.15) is 11.5 Å². The van der Waals surface area contributed by atoms with E-state index < -0.39 is 12.7 Å². The Labute approximate surface area is 128 Å². The van der Waals surface area contributed by atoms with Crippen molar-refractivity contribution in [2.75, 3.05) is 13.7 Å². The van der Waals surface area contributed by atoms with Gasteiger partial charge in [0.2, 0.25) is 0 Å². The summed E-state index contributed by atoms with van der Waals surface area (Å²) in [5, 5.41) is 0. The maximum atomic E-state index is 11.3. The summed E-state index contributed by atoms with van der Waals surface area (Å²) in [6.07, 6.45) is 0.306. The molecular weight excluding hydrogens is 315 g/mol. The third-order valence-corrected chi connectivity index (χ3v) is 3.10. The minimum Gasteiger partial charge on any atom is -0.497 e. The third-order valence-electron chi connectivity index (χ3n) is 2.44. The second-order valence-electron chi connectivity index (χ2n) is 4.22. The number of carbonyl (C=O) groups excluding carboxylic acids is 1. The van der Waals surface area contributed by atoms with Gasteiger partial charge in [-0.2, -0.15) is 0 Å². The molecule has 0 spiro atoms. The molecule has 0 atom stereocenters. The van der Waals surface area contributed by atoms with E-state index in [-0.39, 0.29) is 12.4 Å². The Hall–Kier alpha value is -1.40. The molecule has 116 valence electrons. The molecule has 6 nitrogen and oxygen atoms in total. The van der Waals surface area contributed by atoms with E-state index in [1.165, 1.54) is 13.2 Å². The largest absolute Gasteiger partial charge is 0.497 e. The van der Waals surface area contributed by atoms with Crippen molar-refractivity contribution in [3.05, 3.63) is 35.9 Å². The standard InChI is InChI=1S/C13H17O6PS/c1-9(2)13(14)18-7-6-10-8-11(17-3)4-5-12(10)19-20(15,16)21/h4-5,8H,1,6-7H2,2-3H3,(H2,15,16,21). The van der Waals surface area contributed by atoms with E-state index in [1.54, 1.807) is 19.1 Å². The normalized spacial score (nSPS) is 10.9. The van der Waals surface area contributed by atoms with E-state index in [0.29, 0.717) is 23.3 Å². The molecule has 0 aliphatic heterocycles. The van der Waals surface area contributed by atoms with Crippen molar-refractivity contribution in [3.8, 4) is 11.5 Å². The molecule has 0 aliphatic rings. The summed E-state index contributed by atoms with van der Waals surface area (Å²) in [5.74, 6) is 0.290. The van der Waals surface area contributed by atoms with Gasteiger partial charge in [0.05, 0.1) is 13.7 Å². The summed E-state index contributed by atoms with van der Waals surface area (Å²) in [6, 6.07) is 4.76. The molecule has 0 amide bonds. The molecule has 8 heteroatoms. The first-order valence-electron chi connectivity index (χ1n) is 5.97. The Morgan fingerprint density at radius 1 is 1.43 bits per heavy atom. The molecule has 0 heterocycles. The highest BCUT2D eigenvalue weighted by atomic mass is 32.5. The molecule has 0 radical (unpaired) electrons. The lowest BCUT2D eigenvalue weighted by Crippen LogP contribution is -2.08. The molecule has 0 aromatic heterocycles. The second-order valence-corrected chi connectivity index (χ2v) is 6.81. The number of esters is 1. The summed E-state index contributed by atoms with van der Waals surface area (Å²) >= 11 is 4.45. The molecule has 0 aliphatic carbocycles. The molecule has 2 N–H and O–H groups in total. The SMILES string of the molecule is C=C(C)C(=O)OCCc1cc(OC)ccc1OP(O)(O)=S. The van der Waals surface area contributed by atoms with Crippen molar-refractivity contribution in [1.29, 1.82) is 0 Å². The van der Waals surface area contributed by atoms with Crippen molar-refractivity contribution in [3.63, 3.8) is 0 Å². The van der Waals surface area contributed by atoms with Crippen molar-refractivity contribution in [1.82, 2.24) is 0 Å². The summed E-state index contributed by atoms with van der Waals surface area (Å²) in [6.45, 7) is 1.29. The number of carbonyl (C=O) groups is 1. The Kier molecular flexibility index (Phi) is 6.36. The van der Waals surface area contributed by atoms with Crippen LogP contribution >= 0.6 is 6.72 Å². The zero-order valence-electron chi connectivity index (χ0n) is 11.7. The van der Waals surface area contributed by atoms with Gasteiger partial charge in [-0.1, -0.05) is 6.58 Å². The maximum absolute atomic E-state index is 11.3. The lowest BCUT2D eigenvalue weighted by molar-refractivity contribution is -0.138. The van der Waals surface area contributed by atoms with Gasteiger partial charge >= 0.3 is 12.7 Å². The lowest BCUT2D eigenvalue weighted by Gasteiger charge is -2.15. The van der Waals surface area contributed by atoms with Gasteiger partial charge in [0.15, 0.2) is 0 Å². The molecule has 1 rings (SSSR count). The average molecular weight is 332 g/mol. The zero-order valence-corrected chi connectivity index (χ0v) is 13.4. The van der Waals surface area contributed by atoms with Crippen LogP contribution in [0.15, 0.2) is 30.4 Å². The van der Waals surface area contributed by atoms with Crippen LogP contribution in [0.25, 0.3) is 0 Å². The molecule has 0 saturated carbocycles. The fourth-order valence-electron chi connectivity index (χ4n) is 1.47. The predicted octanol–water partition coefficient (Wildman–Crippen LogP) is 1.94. The van der Waals surface area contributed by atoms with Gasteiger partial charge in [0.25, 0.3) is 0 Å². The molecule has 0 bridgehead atoms. The Bertz CT molecular complexity index is 580. The van der Waals surface area contributed by atoms with E-state index in [9.17, 15) is 14.6 Å². The topological polar surface area (TPSA) is 85.2 Å². The number of hydrogen-bond acceptors (Lipinski definition) is 5. The fraction of sp³-hybridized carbons (Fsp3) is 0.308. The number of benzene rings is 1. The van der Waals surface area contributed by atoms with E-state index in [0.717, 1.165) is 0 Å². The first-order chi connectivity index (χ1) is 9.73. The highest BCUT2D eigenvalue weighted by Gasteiger charge is 2.15. The summed E-state index contributed by atoms with van der Waals surface area (Å²) in [5.41, 5.74) is 0.888. The third kappa shape index (κ3) is 6.27. The predicted molar refractivity (Wildman–Crippen MR) is 81.8 cm³/mol. The van der Waals surface area contributed by atoms with Crippen molar-refractivity contribution < 1.29 is 28.6 Å². The van der Waals surface area contributed by atoms with Crippen molar-refractivity contribution in [2.45, 2.75) is 13.3 Å². The highest BCUT2D eigenvalue weighted by Crippen LogP contribution is 2.40. The second kappa shape index (κ2) is 7.56. The van der Waals surface area contributed by atoms with Gasteiger partial charge in [-0.3, -0.25) is 0 Å². The molecule has 1 aromatic rings. The maximum Gasteiger partial charge on any atom is 0.375 e. The van der Waals surface area contributed by atoms with E-state index in [4.69, 9.17) is 14.0 Å². The molecule has 0 unspecified atom stereocenters. The van der Waals surface area contributed by atoms with Crippen LogP contribution in [0.5, 0.6) is 11.5 Å². The Morgan fingerprint density at radius 2 is 2.10 bits per heavy atom. The van der Waals surface area contributed by atoms with Crippen molar-refractivity contribution in [2.24, 2.45) is 0 Å². The minimum absolute atomic E-state index is 0.0922. The van der Waals surface area contributed by atoms with Gasteiger partial charge in [-0.15, -0.1) is 0 Å². The fourth-order valence-corrected chi connectivity index (χ4v) is 2.15. The van der Waals surface area contributed by atoms with Crippen LogP contribution in [0.3, 0.4) is 0 Å². The molecule has 21 heavy (non-hydrogen) atoms. The monoisotopic (exact) mass is 332 g/mol. The van der Waals surface area contributed by atoms with Crippen LogP contribution in [0.4, 0.5) is 0 Å². The van der Waals surface area contributed by atoms with E-state index in [2.05, 4.69) is 18.4 Å². The molecular formula is C13H17O6PS. The van der Waals surface area contributed by atoms with Crippen LogP contribution < -0.4 is 9.26 Å². The molecule has 0 saturated heterocycles. The van der Waals surface area contributed by atoms with Gasteiger partial charge in [-0.05, 0) is 25.1 Å². The van der Waals surface area contributed by atoms with E-state index in [1.807, 2.05) is 0 Å². The lowest BCUT2D eigenvalue weighted by atomic mass is 10.1. The number of ether oxygens (including phenoxy) is 2. The van der Waals surface area contributed by atoms with Gasteiger partial charge in [-0.25, -0.2) is 4.79 Å². The highest BCUT2D eigenvalue weighted by molar-refractivity contribution is 8.06. The minimum atomic E-state index is -3.83. The number of hydrogen-bond donors (Lipinski definition) is 2. The van der Waals surface area contributed by atoms with Crippen LogP contribution in [-0.4, -0.2) is 29.5 Å². The molecule has 0 fully saturated rings. The van der Waals surface area contributed by atoms with Gasteiger partial charge in [0, 0.05) is 29.4 Å². The quantitative estimate of drug-likeness (QED) is 0.448. The summed E-state index contributed by atoms with van der Waals surface area (Å²) in [7, 11) is 1.50. The van der Waals surface area contributed by atoms with E-state index >= 15 is 0 Å². The van der Waals surface area contributed by atoms with Crippen LogP contribution in [0.1, 0.15) is 12.5 Å². The smallest absolute Gasteiger partial charge is 0.375 e. The molecule has 1 aromatic carbocycles. The number of methoxy groups -OCH3 is 1. The summed E-state index contributed by atoms with van der Waals surface area (Å²) < 4.78 is 15.0. The first-order valence-corrected chi connectivity index (χ1v) is 8.60. The number of rotatable bonds is 7. The van der Waals surface area contributed by atoms with Crippen LogP contribution in [0.2, 0.25) is 0 Å². The zero-order chi connectivity index (χ0) is 16.0. The van der Waals surface area contributed by atoms with Crippen LogP contribution in [-0.2, 0) is 27.8 Å². The van der Waals surface area contributed by atoms with Crippen LogP contribution in [0, 0.1) is 0 Å². The Balaban J connectivity index is 2.84.